The Morgan fingerprint density at radius 3 is 2.83 bits per heavy atom. The first-order chi connectivity index (χ1) is 11.3. The normalized spacial score (nSPS) is 11.7. The number of rotatable bonds is 1. The van der Waals surface area contributed by atoms with Crippen LogP contribution in [0.2, 0.25) is 0 Å². The average molecular weight is 365 g/mol. The van der Waals surface area contributed by atoms with E-state index in [1.165, 1.54) is 0 Å². The Kier molecular flexibility index (Phi) is 2.54. The van der Waals surface area contributed by atoms with Crippen molar-refractivity contribution >= 4 is 43.8 Å². The molecule has 0 atom stereocenters. The first-order valence-electron chi connectivity index (χ1n) is 7.05. The molecule has 0 amide bonds. The van der Waals surface area contributed by atoms with Gasteiger partial charge in [0, 0.05) is 20.9 Å². The van der Waals surface area contributed by atoms with Crippen molar-refractivity contribution in [3.05, 3.63) is 53.0 Å². The molecule has 0 saturated carbocycles. The van der Waals surface area contributed by atoms with E-state index in [4.69, 9.17) is 5.10 Å². The van der Waals surface area contributed by atoms with Gasteiger partial charge in [0.25, 0.3) is 5.78 Å². The predicted octanol–water partition coefficient (Wildman–Crippen LogP) is 3.58. The van der Waals surface area contributed by atoms with Crippen LogP contribution >= 0.6 is 15.9 Å². The molecule has 3 aromatic heterocycles. The molecular formula is C16H9BrN6. The van der Waals surface area contributed by atoms with Gasteiger partial charge in [0.1, 0.15) is 5.52 Å². The molecule has 5 rings (SSSR count). The van der Waals surface area contributed by atoms with Crippen molar-refractivity contribution in [2.24, 2.45) is 0 Å². The van der Waals surface area contributed by atoms with Crippen LogP contribution in [0.5, 0.6) is 0 Å². The van der Waals surface area contributed by atoms with E-state index in [2.05, 4.69) is 36.1 Å². The second-order valence-electron chi connectivity index (χ2n) is 5.23. The summed E-state index contributed by atoms with van der Waals surface area (Å²) in [6.45, 7) is 0. The van der Waals surface area contributed by atoms with Crippen molar-refractivity contribution in [1.82, 2.24) is 29.8 Å². The van der Waals surface area contributed by atoms with Gasteiger partial charge in [0.15, 0.2) is 11.5 Å². The highest BCUT2D eigenvalue weighted by Gasteiger charge is 2.14. The monoisotopic (exact) mass is 364 g/mol. The maximum absolute atomic E-state index is 4.71. The van der Waals surface area contributed by atoms with Crippen molar-refractivity contribution in [1.29, 1.82) is 0 Å². The van der Waals surface area contributed by atoms with Crippen LogP contribution in [0.25, 0.3) is 39.2 Å². The van der Waals surface area contributed by atoms with Gasteiger partial charge in [-0.1, -0.05) is 46.3 Å². The number of H-pyrrole nitrogens is 1. The van der Waals surface area contributed by atoms with Gasteiger partial charge in [0.2, 0.25) is 0 Å². The minimum atomic E-state index is 0.471. The van der Waals surface area contributed by atoms with Gasteiger partial charge in [-0.25, -0.2) is 0 Å². The fourth-order valence-corrected chi connectivity index (χ4v) is 3.14. The van der Waals surface area contributed by atoms with E-state index in [0.717, 1.165) is 26.5 Å². The van der Waals surface area contributed by atoms with E-state index in [-0.39, 0.29) is 0 Å². The topological polar surface area (TPSA) is 71.8 Å². The van der Waals surface area contributed by atoms with Crippen LogP contribution in [-0.4, -0.2) is 29.8 Å². The summed E-state index contributed by atoms with van der Waals surface area (Å²) >= 11 is 3.48. The maximum atomic E-state index is 4.71. The van der Waals surface area contributed by atoms with Crippen LogP contribution in [0.15, 0.2) is 53.0 Å². The Labute approximate surface area is 138 Å². The third kappa shape index (κ3) is 1.86. The van der Waals surface area contributed by atoms with Crippen LogP contribution in [-0.2, 0) is 0 Å². The zero-order valence-electron chi connectivity index (χ0n) is 11.7. The highest BCUT2D eigenvalue weighted by molar-refractivity contribution is 9.10. The predicted molar refractivity (Wildman–Crippen MR) is 91.1 cm³/mol. The lowest BCUT2D eigenvalue weighted by atomic mass is 10.2. The first-order valence-corrected chi connectivity index (χ1v) is 7.85. The quantitative estimate of drug-likeness (QED) is 0.493. The van der Waals surface area contributed by atoms with Gasteiger partial charge in [0.05, 0.1) is 0 Å². The number of aromatic nitrogens is 6. The number of aromatic amines is 1. The van der Waals surface area contributed by atoms with E-state index >= 15 is 0 Å². The molecule has 0 aliphatic rings. The lowest BCUT2D eigenvalue weighted by molar-refractivity contribution is 0.946. The van der Waals surface area contributed by atoms with E-state index < -0.39 is 0 Å². The average Bonchev–Trinajstić information content (AvgIpc) is 3.13. The second kappa shape index (κ2) is 4.60. The highest BCUT2D eigenvalue weighted by atomic mass is 79.9. The van der Waals surface area contributed by atoms with Gasteiger partial charge in [-0.3, -0.25) is 0 Å². The van der Waals surface area contributed by atoms with Crippen LogP contribution in [0, 0.1) is 0 Å². The summed E-state index contributed by atoms with van der Waals surface area (Å²) in [6.07, 6.45) is 0. The number of nitrogens with zero attached hydrogens (tertiary/aromatic N) is 5. The maximum Gasteiger partial charge on any atom is 0.274 e. The van der Waals surface area contributed by atoms with Gasteiger partial charge in [-0.2, -0.15) is 14.6 Å². The summed E-state index contributed by atoms with van der Waals surface area (Å²) in [6, 6.07) is 15.9. The van der Waals surface area contributed by atoms with Crippen molar-refractivity contribution < 1.29 is 0 Å². The molecule has 0 saturated heterocycles. The van der Waals surface area contributed by atoms with Crippen LogP contribution in [0.1, 0.15) is 0 Å². The van der Waals surface area contributed by atoms with E-state index in [1.807, 2.05) is 48.5 Å². The molecule has 1 N–H and O–H groups in total. The van der Waals surface area contributed by atoms with E-state index in [9.17, 15) is 0 Å². The molecule has 0 spiro atoms. The highest BCUT2D eigenvalue weighted by Crippen LogP contribution is 2.25. The summed E-state index contributed by atoms with van der Waals surface area (Å²) in [5.74, 6) is 1.14. The summed E-state index contributed by atoms with van der Waals surface area (Å²) < 4.78 is 2.66. The summed E-state index contributed by atoms with van der Waals surface area (Å²) in [5.41, 5.74) is 3.46. The lowest BCUT2D eigenvalue weighted by Crippen LogP contribution is -1.97. The Morgan fingerprint density at radius 1 is 1.00 bits per heavy atom. The number of para-hydroxylation sites is 1. The largest absolute Gasteiger partial charge is 0.338 e. The summed E-state index contributed by atoms with van der Waals surface area (Å²) in [4.78, 5) is 7.81. The van der Waals surface area contributed by atoms with Crippen molar-refractivity contribution in [3.63, 3.8) is 0 Å². The molecule has 0 unspecified atom stereocenters. The summed E-state index contributed by atoms with van der Waals surface area (Å²) in [7, 11) is 0. The molecular weight excluding hydrogens is 356 g/mol. The summed E-state index contributed by atoms with van der Waals surface area (Å²) in [5, 5.41) is 14.1. The number of benzene rings is 2. The molecule has 0 aliphatic carbocycles. The van der Waals surface area contributed by atoms with Crippen LogP contribution < -0.4 is 0 Å². The van der Waals surface area contributed by atoms with E-state index in [0.29, 0.717) is 17.2 Å². The Bertz CT molecular complexity index is 1190. The van der Waals surface area contributed by atoms with Gasteiger partial charge in [-0.15, -0.1) is 10.2 Å². The zero-order valence-corrected chi connectivity index (χ0v) is 13.3. The molecule has 0 bridgehead atoms. The molecule has 110 valence electrons. The Hall–Kier alpha value is -2.80. The van der Waals surface area contributed by atoms with Gasteiger partial charge in [-0.05, 0) is 18.2 Å². The number of fused-ring (bicyclic) bond motifs is 4. The lowest BCUT2D eigenvalue weighted by Gasteiger charge is -1.99. The van der Waals surface area contributed by atoms with Gasteiger partial charge >= 0.3 is 0 Å². The molecule has 3 heterocycles. The first kappa shape index (κ1) is 12.7. The minimum Gasteiger partial charge on any atom is -0.338 e. The van der Waals surface area contributed by atoms with E-state index in [1.54, 1.807) is 4.52 Å². The molecule has 2 aromatic carbocycles. The standard InChI is InChI=1S/C16H9BrN6/c17-10-5-3-4-9(8-10)15-20-21-16-19-14-13(22-23(15)16)11-6-1-2-7-12(11)18-14/h1-8H,(H,18,19,21). The third-order valence-corrected chi connectivity index (χ3v) is 4.27. The molecule has 23 heavy (non-hydrogen) atoms. The molecule has 0 fully saturated rings. The zero-order chi connectivity index (χ0) is 15.4. The number of halogens is 1. The SMILES string of the molecule is Brc1cccc(-c2nnc3nc4[nH]c5ccccc5c4nn23)c1. The number of nitrogens with one attached hydrogen (secondary N) is 1. The fraction of sp³-hybridized carbons (Fsp3) is 0. The fourth-order valence-electron chi connectivity index (χ4n) is 2.74. The minimum absolute atomic E-state index is 0.471. The number of hydrogen-bond acceptors (Lipinski definition) is 4. The molecule has 0 radical (unpaired) electrons. The van der Waals surface area contributed by atoms with Crippen molar-refractivity contribution in [2.45, 2.75) is 0 Å². The van der Waals surface area contributed by atoms with Crippen LogP contribution in [0.4, 0.5) is 0 Å². The Morgan fingerprint density at radius 2 is 1.91 bits per heavy atom. The second-order valence-corrected chi connectivity index (χ2v) is 6.14. The van der Waals surface area contributed by atoms with Crippen molar-refractivity contribution in [3.8, 4) is 11.4 Å². The molecule has 0 aliphatic heterocycles. The molecule has 6 nitrogen and oxygen atoms in total. The number of hydrogen-bond donors (Lipinski definition) is 1. The molecule has 5 aromatic rings. The third-order valence-electron chi connectivity index (χ3n) is 3.78. The smallest absolute Gasteiger partial charge is 0.274 e. The molecule has 7 heteroatoms. The van der Waals surface area contributed by atoms with Gasteiger partial charge < -0.3 is 4.98 Å². The van der Waals surface area contributed by atoms with Crippen molar-refractivity contribution in [2.75, 3.05) is 0 Å². The van der Waals surface area contributed by atoms with Crippen LogP contribution in [0.3, 0.4) is 0 Å². The Balaban J connectivity index is 1.87.